The Balaban J connectivity index is 1.55. The Hall–Kier alpha value is -2.42. The molecule has 4 amide bonds. The van der Waals surface area contributed by atoms with Gasteiger partial charge in [-0.05, 0) is 67.2 Å². The van der Waals surface area contributed by atoms with Crippen molar-refractivity contribution in [3.63, 3.8) is 0 Å². The summed E-state index contributed by atoms with van der Waals surface area (Å²) in [6, 6.07) is 4.23. The molecule has 4 rings (SSSR count). The lowest BCUT2D eigenvalue weighted by atomic mass is 9.64. The van der Waals surface area contributed by atoms with Gasteiger partial charge in [0.1, 0.15) is 12.1 Å². The van der Waals surface area contributed by atoms with E-state index in [4.69, 9.17) is 0 Å². The second-order valence-electron chi connectivity index (χ2n) is 10.5. The van der Waals surface area contributed by atoms with Gasteiger partial charge in [-0.1, -0.05) is 20.8 Å². The molecule has 1 saturated heterocycles. The number of sulfone groups is 1. The summed E-state index contributed by atoms with van der Waals surface area (Å²) >= 11 is 0. The van der Waals surface area contributed by atoms with Crippen LogP contribution in [0.25, 0.3) is 0 Å². The van der Waals surface area contributed by atoms with Crippen molar-refractivity contribution in [2.45, 2.75) is 63.3 Å². The molecule has 0 radical (unpaired) electrons. The molecule has 1 saturated carbocycles. The molecular formula is C23H31N3O5S. The summed E-state index contributed by atoms with van der Waals surface area (Å²) in [6.07, 6.45) is 4.62. The summed E-state index contributed by atoms with van der Waals surface area (Å²) in [6.45, 7) is 6.43. The minimum Gasteiger partial charge on any atom is -0.323 e. The molecule has 1 aromatic rings. The van der Waals surface area contributed by atoms with Gasteiger partial charge < -0.3 is 10.2 Å². The number of nitrogens with zero attached hydrogens (tertiary/aromatic N) is 2. The number of aryl methyl sites for hydroxylation is 1. The van der Waals surface area contributed by atoms with Gasteiger partial charge in [0, 0.05) is 18.5 Å². The number of carbonyl (C=O) groups excluding carboxylic acids is 3. The highest BCUT2D eigenvalue weighted by atomic mass is 32.2. The lowest BCUT2D eigenvalue weighted by Gasteiger charge is -2.43. The van der Waals surface area contributed by atoms with Crippen LogP contribution in [0.5, 0.6) is 0 Å². The van der Waals surface area contributed by atoms with Crippen LogP contribution < -0.4 is 10.2 Å². The molecule has 9 heteroatoms. The maximum Gasteiger partial charge on any atom is 0.325 e. The second-order valence-corrected chi connectivity index (χ2v) is 12.5. The van der Waals surface area contributed by atoms with Gasteiger partial charge in [-0.3, -0.25) is 14.5 Å². The maximum atomic E-state index is 13.4. The van der Waals surface area contributed by atoms with Gasteiger partial charge in [0.25, 0.3) is 5.91 Å². The van der Waals surface area contributed by atoms with Crippen molar-refractivity contribution in [2.75, 3.05) is 24.2 Å². The highest BCUT2D eigenvalue weighted by molar-refractivity contribution is 7.90. The van der Waals surface area contributed by atoms with Crippen LogP contribution >= 0.6 is 0 Å². The third-order valence-electron chi connectivity index (χ3n) is 6.82. The van der Waals surface area contributed by atoms with Crippen LogP contribution in [0.2, 0.25) is 0 Å². The zero-order chi connectivity index (χ0) is 23.5. The number of rotatable bonds is 3. The van der Waals surface area contributed by atoms with E-state index in [0.29, 0.717) is 37.9 Å². The van der Waals surface area contributed by atoms with E-state index in [-0.39, 0.29) is 34.6 Å². The molecule has 2 atom stereocenters. The van der Waals surface area contributed by atoms with E-state index in [1.807, 2.05) is 0 Å². The Labute approximate surface area is 189 Å². The normalized spacial score (nSPS) is 27.4. The maximum absolute atomic E-state index is 13.4. The molecule has 1 N–H and O–H groups in total. The van der Waals surface area contributed by atoms with Crippen molar-refractivity contribution in [1.29, 1.82) is 0 Å². The molecule has 2 fully saturated rings. The van der Waals surface area contributed by atoms with Gasteiger partial charge in [-0.15, -0.1) is 0 Å². The van der Waals surface area contributed by atoms with Gasteiger partial charge in [-0.25, -0.2) is 13.2 Å². The third-order valence-corrected chi connectivity index (χ3v) is 7.93. The molecular weight excluding hydrogens is 430 g/mol. The van der Waals surface area contributed by atoms with Gasteiger partial charge >= 0.3 is 6.03 Å². The van der Waals surface area contributed by atoms with Crippen LogP contribution in [-0.4, -0.2) is 56.0 Å². The van der Waals surface area contributed by atoms with E-state index in [0.717, 1.165) is 23.1 Å². The minimum absolute atomic E-state index is 0.0796. The van der Waals surface area contributed by atoms with E-state index < -0.39 is 21.4 Å². The molecule has 1 spiro atoms. The molecule has 2 unspecified atom stereocenters. The number of urea groups is 1. The molecule has 8 nitrogen and oxygen atoms in total. The Kier molecular flexibility index (Phi) is 5.39. The predicted molar refractivity (Wildman–Crippen MR) is 120 cm³/mol. The number of hydrogen-bond donors (Lipinski definition) is 1. The molecule has 2 heterocycles. The summed E-state index contributed by atoms with van der Waals surface area (Å²) in [5, 5.41) is 2.91. The quantitative estimate of drug-likeness (QED) is 0.697. The molecule has 3 aliphatic rings. The Morgan fingerprint density at radius 1 is 1.22 bits per heavy atom. The molecule has 174 valence electrons. The molecule has 2 aliphatic heterocycles. The van der Waals surface area contributed by atoms with Crippen molar-refractivity contribution < 1.29 is 22.8 Å². The fraction of sp³-hybridized carbons (Fsp3) is 0.609. The van der Waals surface area contributed by atoms with Crippen molar-refractivity contribution in [2.24, 2.45) is 11.3 Å². The first-order valence-corrected chi connectivity index (χ1v) is 13.0. The molecule has 1 aromatic carbocycles. The van der Waals surface area contributed by atoms with Crippen molar-refractivity contribution in [1.82, 2.24) is 10.2 Å². The smallest absolute Gasteiger partial charge is 0.323 e. The van der Waals surface area contributed by atoms with Crippen LogP contribution in [0.15, 0.2) is 23.1 Å². The predicted octanol–water partition coefficient (Wildman–Crippen LogP) is 2.51. The molecule has 0 bridgehead atoms. The summed E-state index contributed by atoms with van der Waals surface area (Å²) in [4.78, 5) is 42.1. The summed E-state index contributed by atoms with van der Waals surface area (Å²) in [5.41, 5.74) is 0.402. The van der Waals surface area contributed by atoms with Gasteiger partial charge in [-0.2, -0.15) is 0 Å². The topological polar surface area (TPSA) is 104 Å². The van der Waals surface area contributed by atoms with E-state index in [1.165, 1.54) is 6.07 Å². The largest absolute Gasteiger partial charge is 0.325 e. The van der Waals surface area contributed by atoms with Crippen LogP contribution in [0.4, 0.5) is 10.5 Å². The van der Waals surface area contributed by atoms with E-state index in [9.17, 15) is 22.8 Å². The molecule has 0 aromatic heterocycles. The van der Waals surface area contributed by atoms with Gasteiger partial charge in [0.05, 0.1) is 4.90 Å². The average Bonchev–Trinajstić information content (AvgIpc) is 2.87. The first-order chi connectivity index (χ1) is 14.8. The molecule has 32 heavy (non-hydrogen) atoms. The number of carbonyl (C=O) groups is 3. The summed E-state index contributed by atoms with van der Waals surface area (Å²) in [7, 11) is -3.35. The number of nitrogens with one attached hydrogen (secondary N) is 1. The fourth-order valence-electron chi connectivity index (χ4n) is 5.93. The number of imide groups is 1. The molecule has 1 aliphatic carbocycles. The average molecular weight is 462 g/mol. The fourth-order valence-corrected chi connectivity index (χ4v) is 6.60. The zero-order valence-electron chi connectivity index (χ0n) is 19.1. The SMILES string of the molecule is CC1CC(C)(C)CC2(C1)NC(=O)N(CC(=O)N1CCCc3cc(S(C)(=O)=O)ccc31)C2=O. The lowest BCUT2D eigenvalue weighted by Crippen LogP contribution is -2.54. The first kappa shape index (κ1) is 22.8. The minimum atomic E-state index is -3.35. The highest BCUT2D eigenvalue weighted by Crippen LogP contribution is 2.46. The van der Waals surface area contributed by atoms with Gasteiger partial charge in [0.2, 0.25) is 5.91 Å². The van der Waals surface area contributed by atoms with E-state index in [2.05, 4.69) is 26.1 Å². The highest BCUT2D eigenvalue weighted by Gasteiger charge is 2.56. The van der Waals surface area contributed by atoms with Crippen molar-refractivity contribution >= 4 is 33.4 Å². The van der Waals surface area contributed by atoms with Crippen LogP contribution in [0.3, 0.4) is 0 Å². The van der Waals surface area contributed by atoms with Crippen LogP contribution in [0, 0.1) is 11.3 Å². The van der Waals surface area contributed by atoms with Gasteiger partial charge in [0.15, 0.2) is 9.84 Å². The van der Waals surface area contributed by atoms with Crippen LogP contribution in [0.1, 0.15) is 52.0 Å². The number of hydrogen-bond acceptors (Lipinski definition) is 5. The number of amides is 4. The third kappa shape index (κ3) is 4.02. The number of benzene rings is 1. The number of fused-ring (bicyclic) bond motifs is 1. The lowest BCUT2D eigenvalue weighted by molar-refractivity contribution is -0.137. The monoisotopic (exact) mass is 461 g/mol. The Morgan fingerprint density at radius 2 is 1.94 bits per heavy atom. The van der Waals surface area contributed by atoms with E-state index >= 15 is 0 Å². The Morgan fingerprint density at radius 3 is 2.59 bits per heavy atom. The van der Waals surface area contributed by atoms with Crippen molar-refractivity contribution in [3.05, 3.63) is 23.8 Å². The van der Waals surface area contributed by atoms with Crippen LogP contribution in [-0.2, 0) is 25.8 Å². The second kappa shape index (κ2) is 7.57. The zero-order valence-corrected chi connectivity index (χ0v) is 19.9. The summed E-state index contributed by atoms with van der Waals surface area (Å²) in [5.74, 6) is -0.376. The standard InChI is InChI=1S/C23H31N3O5S/c1-15-11-22(2,3)14-23(12-15)20(28)26(21(29)24-23)13-19(27)25-9-5-6-16-10-17(32(4,30)31)7-8-18(16)25/h7-8,10,15H,5-6,9,11-14H2,1-4H3,(H,24,29). The van der Waals surface area contributed by atoms with Crippen molar-refractivity contribution in [3.8, 4) is 0 Å². The summed E-state index contributed by atoms with van der Waals surface area (Å²) < 4.78 is 23.8. The first-order valence-electron chi connectivity index (χ1n) is 11.1. The number of anilines is 1. The Bertz CT molecular complexity index is 1100. The van der Waals surface area contributed by atoms with E-state index in [1.54, 1.807) is 17.0 Å².